The number of methoxy groups -OCH3 is 2. The van der Waals surface area contributed by atoms with Crippen molar-refractivity contribution < 1.29 is 19.3 Å². The summed E-state index contributed by atoms with van der Waals surface area (Å²) in [6.45, 7) is 0.763. The van der Waals surface area contributed by atoms with Gasteiger partial charge in [0.05, 0.1) is 33.5 Å². The second kappa shape index (κ2) is 6.07. The van der Waals surface area contributed by atoms with Crippen LogP contribution in [0.3, 0.4) is 0 Å². The van der Waals surface area contributed by atoms with Crippen LogP contribution in [-0.4, -0.2) is 38.6 Å². The van der Waals surface area contributed by atoms with Crippen molar-refractivity contribution in [3.05, 3.63) is 23.8 Å². The first-order valence-corrected chi connectivity index (χ1v) is 6.23. The average Bonchev–Trinajstić information content (AvgIpc) is 2.46. The van der Waals surface area contributed by atoms with Crippen molar-refractivity contribution in [1.82, 2.24) is 0 Å². The Hall–Kier alpha value is -1.26. The molecule has 0 saturated carbocycles. The fraction of sp³-hybridized carbons (Fsp3) is 0.571. The minimum absolute atomic E-state index is 0.00129. The maximum absolute atomic E-state index is 9.04. The van der Waals surface area contributed by atoms with E-state index in [2.05, 4.69) is 6.07 Å². The highest BCUT2D eigenvalue weighted by Gasteiger charge is 2.23. The van der Waals surface area contributed by atoms with E-state index in [1.807, 2.05) is 12.1 Å². The summed E-state index contributed by atoms with van der Waals surface area (Å²) in [5, 5.41) is 9.04. The molecule has 0 amide bonds. The zero-order valence-electron chi connectivity index (χ0n) is 10.9. The molecule has 1 aromatic carbocycles. The lowest BCUT2D eigenvalue weighted by Crippen LogP contribution is -2.27. The lowest BCUT2D eigenvalue weighted by molar-refractivity contribution is -0.0270. The number of rotatable bonds is 4. The SMILES string of the molecule is COc1ccc(C2CCC(CO)OC2)cc1OC. The third-order valence-electron chi connectivity index (χ3n) is 3.45. The first-order chi connectivity index (χ1) is 8.78. The van der Waals surface area contributed by atoms with Crippen molar-refractivity contribution in [2.75, 3.05) is 27.4 Å². The Kier molecular flexibility index (Phi) is 4.44. The molecule has 0 radical (unpaired) electrons. The van der Waals surface area contributed by atoms with Crippen LogP contribution in [0.5, 0.6) is 11.5 Å². The topological polar surface area (TPSA) is 47.9 Å². The van der Waals surface area contributed by atoms with Gasteiger partial charge in [0, 0.05) is 5.92 Å². The molecule has 2 rings (SSSR count). The maximum Gasteiger partial charge on any atom is 0.160 e. The number of ether oxygens (including phenoxy) is 3. The Bertz CT molecular complexity index is 383. The Morgan fingerprint density at radius 3 is 2.56 bits per heavy atom. The molecule has 4 nitrogen and oxygen atoms in total. The standard InChI is InChI=1S/C14H20O4/c1-16-13-6-4-10(7-14(13)17-2)11-3-5-12(8-15)18-9-11/h4,6-7,11-12,15H,3,5,8-9H2,1-2H3. The van der Waals surface area contributed by atoms with Crippen LogP contribution in [-0.2, 0) is 4.74 Å². The van der Waals surface area contributed by atoms with E-state index in [0.717, 1.165) is 24.3 Å². The fourth-order valence-corrected chi connectivity index (χ4v) is 2.32. The number of aliphatic hydroxyl groups excluding tert-OH is 1. The summed E-state index contributed by atoms with van der Waals surface area (Å²) in [5.41, 5.74) is 1.20. The molecular weight excluding hydrogens is 232 g/mol. The number of hydrogen-bond donors (Lipinski definition) is 1. The molecule has 1 saturated heterocycles. The minimum atomic E-state index is 0.00129. The van der Waals surface area contributed by atoms with Crippen molar-refractivity contribution in [2.45, 2.75) is 24.9 Å². The highest BCUT2D eigenvalue weighted by Crippen LogP contribution is 2.34. The van der Waals surface area contributed by atoms with Gasteiger partial charge in [-0.15, -0.1) is 0 Å². The molecule has 18 heavy (non-hydrogen) atoms. The van der Waals surface area contributed by atoms with Crippen molar-refractivity contribution in [3.8, 4) is 11.5 Å². The van der Waals surface area contributed by atoms with Crippen LogP contribution in [0.2, 0.25) is 0 Å². The van der Waals surface area contributed by atoms with Gasteiger partial charge in [0.2, 0.25) is 0 Å². The highest BCUT2D eigenvalue weighted by atomic mass is 16.5. The third-order valence-corrected chi connectivity index (χ3v) is 3.45. The second-order valence-electron chi connectivity index (χ2n) is 4.53. The van der Waals surface area contributed by atoms with Crippen LogP contribution >= 0.6 is 0 Å². The van der Waals surface area contributed by atoms with Gasteiger partial charge in [-0.05, 0) is 30.5 Å². The first-order valence-electron chi connectivity index (χ1n) is 6.23. The molecule has 1 aliphatic rings. The molecular formula is C14H20O4. The molecule has 2 unspecified atom stereocenters. The summed E-state index contributed by atoms with van der Waals surface area (Å²) in [4.78, 5) is 0. The van der Waals surface area contributed by atoms with Gasteiger partial charge >= 0.3 is 0 Å². The zero-order chi connectivity index (χ0) is 13.0. The van der Waals surface area contributed by atoms with E-state index in [-0.39, 0.29) is 12.7 Å². The van der Waals surface area contributed by atoms with Crippen LogP contribution < -0.4 is 9.47 Å². The maximum atomic E-state index is 9.04. The van der Waals surface area contributed by atoms with E-state index >= 15 is 0 Å². The molecule has 1 aliphatic heterocycles. The molecule has 1 N–H and O–H groups in total. The molecule has 100 valence electrons. The summed E-state index contributed by atoms with van der Waals surface area (Å²) in [6.07, 6.45) is 1.93. The van der Waals surface area contributed by atoms with E-state index < -0.39 is 0 Å². The minimum Gasteiger partial charge on any atom is -0.493 e. The van der Waals surface area contributed by atoms with Gasteiger partial charge in [-0.2, -0.15) is 0 Å². The second-order valence-corrected chi connectivity index (χ2v) is 4.53. The van der Waals surface area contributed by atoms with Crippen LogP contribution in [0.25, 0.3) is 0 Å². The molecule has 0 spiro atoms. The third kappa shape index (κ3) is 2.76. The van der Waals surface area contributed by atoms with Gasteiger partial charge in [-0.1, -0.05) is 6.07 Å². The van der Waals surface area contributed by atoms with Gasteiger partial charge in [0.1, 0.15) is 0 Å². The molecule has 1 heterocycles. The summed E-state index contributed by atoms with van der Waals surface area (Å²) in [6, 6.07) is 5.98. The van der Waals surface area contributed by atoms with Gasteiger partial charge in [-0.25, -0.2) is 0 Å². The largest absolute Gasteiger partial charge is 0.493 e. The molecule has 4 heteroatoms. The monoisotopic (exact) mass is 252 g/mol. The van der Waals surface area contributed by atoms with Crippen LogP contribution in [0.1, 0.15) is 24.3 Å². The van der Waals surface area contributed by atoms with E-state index in [4.69, 9.17) is 19.3 Å². The summed E-state index contributed by atoms with van der Waals surface area (Å²) >= 11 is 0. The molecule has 0 bridgehead atoms. The Morgan fingerprint density at radius 1 is 1.22 bits per heavy atom. The molecule has 2 atom stereocenters. The van der Waals surface area contributed by atoms with Gasteiger partial charge in [-0.3, -0.25) is 0 Å². The molecule has 1 fully saturated rings. The van der Waals surface area contributed by atoms with E-state index in [9.17, 15) is 0 Å². The van der Waals surface area contributed by atoms with E-state index in [1.54, 1.807) is 14.2 Å². The van der Waals surface area contributed by atoms with Crippen molar-refractivity contribution >= 4 is 0 Å². The zero-order valence-corrected chi connectivity index (χ0v) is 10.9. The van der Waals surface area contributed by atoms with Gasteiger partial charge in [0.25, 0.3) is 0 Å². The quantitative estimate of drug-likeness (QED) is 0.890. The fourth-order valence-electron chi connectivity index (χ4n) is 2.32. The lowest BCUT2D eigenvalue weighted by atomic mass is 9.91. The number of aliphatic hydroxyl groups is 1. The first kappa shape index (κ1) is 13.2. The Labute approximate surface area is 107 Å². The van der Waals surface area contributed by atoms with E-state index in [1.165, 1.54) is 5.56 Å². The van der Waals surface area contributed by atoms with Gasteiger partial charge < -0.3 is 19.3 Å². The van der Waals surface area contributed by atoms with Crippen molar-refractivity contribution in [2.24, 2.45) is 0 Å². The average molecular weight is 252 g/mol. The predicted molar refractivity (Wildman–Crippen MR) is 68.3 cm³/mol. The molecule has 1 aromatic rings. The summed E-state index contributed by atoms with van der Waals surface area (Å²) < 4.78 is 16.1. The molecule has 0 aliphatic carbocycles. The number of benzene rings is 1. The van der Waals surface area contributed by atoms with Crippen LogP contribution in [0.15, 0.2) is 18.2 Å². The van der Waals surface area contributed by atoms with E-state index in [0.29, 0.717) is 12.5 Å². The van der Waals surface area contributed by atoms with Gasteiger partial charge in [0.15, 0.2) is 11.5 Å². The van der Waals surface area contributed by atoms with Crippen LogP contribution in [0, 0.1) is 0 Å². The normalized spacial score (nSPS) is 23.7. The Morgan fingerprint density at radius 2 is 2.00 bits per heavy atom. The Balaban J connectivity index is 2.09. The summed E-state index contributed by atoms with van der Waals surface area (Å²) in [7, 11) is 3.27. The highest BCUT2D eigenvalue weighted by molar-refractivity contribution is 5.44. The molecule has 0 aromatic heterocycles. The lowest BCUT2D eigenvalue weighted by Gasteiger charge is -2.28. The smallest absolute Gasteiger partial charge is 0.160 e. The van der Waals surface area contributed by atoms with Crippen LogP contribution in [0.4, 0.5) is 0 Å². The van der Waals surface area contributed by atoms with Crippen molar-refractivity contribution in [3.63, 3.8) is 0 Å². The predicted octanol–water partition coefficient (Wildman–Crippen LogP) is 1.96. The van der Waals surface area contributed by atoms with Crippen molar-refractivity contribution in [1.29, 1.82) is 0 Å². The number of hydrogen-bond acceptors (Lipinski definition) is 4. The summed E-state index contributed by atoms with van der Waals surface area (Å²) in [5.74, 6) is 1.86.